The molecule has 0 bridgehead atoms. The number of nitrogens with zero attached hydrogens (tertiary/aromatic N) is 2. The maximum absolute atomic E-state index is 15.7. The fraction of sp³-hybridized carbons (Fsp3) is 0.481. The maximum atomic E-state index is 15.7. The minimum atomic E-state index is -1.63. The maximum Gasteiger partial charge on any atom is 0.325 e. The zero-order valence-corrected chi connectivity index (χ0v) is 21.5. The molecular weight excluding hydrogens is 509 g/mol. The summed E-state index contributed by atoms with van der Waals surface area (Å²) in [6.45, 7) is 4.67. The summed E-state index contributed by atoms with van der Waals surface area (Å²) in [6, 6.07) is 9.38. The first-order valence-electron chi connectivity index (χ1n) is 12.0. The molecule has 5 nitrogen and oxygen atoms in total. The summed E-state index contributed by atoms with van der Waals surface area (Å²) < 4.78 is 42.6. The smallest absolute Gasteiger partial charge is 0.325 e. The van der Waals surface area contributed by atoms with E-state index in [1.165, 1.54) is 24.3 Å². The highest BCUT2D eigenvalue weighted by Crippen LogP contribution is 2.60. The van der Waals surface area contributed by atoms with Gasteiger partial charge in [0, 0.05) is 35.8 Å². The standard InChI is InChI=1S/C27H26Cl2F2N2O3/c1-26(2)33-21(12-15-8-10-35-11-9-15)27(14-32,18-7-6-16(28)13-20(18)30)22(24(33)25(34)36-26)17-4-3-5-19(29)23(17)31/h3-7,13,15,21-22,24H,8-12H2,1-2H3/t21-,22-,24+,27-/m0/s1. The summed E-state index contributed by atoms with van der Waals surface area (Å²) in [7, 11) is 0. The Balaban J connectivity index is 1.80. The van der Waals surface area contributed by atoms with Gasteiger partial charge >= 0.3 is 5.97 Å². The van der Waals surface area contributed by atoms with Gasteiger partial charge in [0.25, 0.3) is 0 Å². The summed E-state index contributed by atoms with van der Waals surface area (Å²) in [5.74, 6) is -2.89. The third-order valence-corrected chi connectivity index (χ3v) is 8.48. The van der Waals surface area contributed by atoms with Gasteiger partial charge < -0.3 is 9.47 Å². The zero-order valence-electron chi connectivity index (χ0n) is 19.9. The van der Waals surface area contributed by atoms with Crippen molar-refractivity contribution in [2.75, 3.05) is 13.2 Å². The molecule has 2 aromatic rings. The highest BCUT2D eigenvalue weighted by Gasteiger charge is 2.71. The molecule has 5 rings (SSSR count). The van der Waals surface area contributed by atoms with Crippen molar-refractivity contribution in [1.29, 1.82) is 5.26 Å². The second-order valence-corrected chi connectivity index (χ2v) is 11.1. The number of carbonyl (C=O) groups excluding carboxylic acids is 1. The van der Waals surface area contributed by atoms with Crippen LogP contribution in [-0.2, 0) is 19.7 Å². The molecule has 0 amide bonds. The van der Waals surface area contributed by atoms with Gasteiger partial charge in [-0.15, -0.1) is 0 Å². The van der Waals surface area contributed by atoms with Gasteiger partial charge in [0.15, 0.2) is 5.72 Å². The number of esters is 1. The molecule has 190 valence electrons. The van der Waals surface area contributed by atoms with E-state index < -0.39 is 46.7 Å². The van der Waals surface area contributed by atoms with Crippen molar-refractivity contribution >= 4 is 29.2 Å². The van der Waals surface area contributed by atoms with Gasteiger partial charge in [-0.3, -0.25) is 4.79 Å². The van der Waals surface area contributed by atoms with E-state index in [2.05, 4.69) is 6.07 Å². The Morgan fingerprint density at radius 1 is 1.17 bits per heavy atom. The van der Waals surface area contributed by atoms with Crippen LogP contribution in [0.25, 0.3) is 0 Å². The third-order valence-electron chi connectivity index (χ3n) is 7.96. The highest BCUT2D eigenvalue weighted by atomic mass is 35.5. The monoisotopic (exact) mass is 534 g/mol. The van der Waals surface area contributed by atoms with E-state index in [0.29, 0.717) is 19.6 Å². The molecule has 3 heterocycles. The molecule has 0 spiro atoms. The molecule has 3 fully saturated rings. The lowest BCUT2D eigenvalue weighted by atomic mass is 9.63. The molecule has 36 heavy (non-hydrogen) atoms. The number of halogens is 4. The SMILES string of the molecule is CC1(C)OC(=O)[C@H]2[C@H](c3cccc(Cl)c3F)[C@@](C#N)(c3ccc(Cl)cc3F)[C@H](CC3CCOCC3)N21. The molecule has 3 aliphatic rings. The van der Waals surface area contributed by atoms with Gasteiger partial charge in [-0.1, -0.05) is 41.4 Å². The fourth-order valence-electron chi connectivity index (χ4n) is 6.50. The normalized spacial score (nSPS) is 30.1. The van der Waals surface area contributed by atoms with Crippen LogP contribution in [0.2, 0.25) is 10.0 Å². The second kappa shape index (κ2) is 9.25. The number of cyclic esters (lactones) is 1. The quantitative estimate of drug-likeness (QED) is 0.451. The van der Waals surface area contributed by atoms with E-state index in [1.54, 1.807) is 19.9 Å². The molecule has 2 aromatic carbocycles. The molecule has 0 unspecified atom stereocenters. The first-order valence-corrected chi connectivity index (χ1v) is 12.8. The molecule has 3 aliphatic heterocycles. The van der Waals surface area contributed by atoms with Gasteiger partial charge in [-0.05, 0) is 62.8 Å². The molecule has 9 heteroatoms. The van der Waals surface area contributed by atoms with E-state index >= 15 is 8.78 Å². The second-order valence-electron chi connectivity index (χ2n) is 10.3. The van der Waals surface area contributed by atoms with E-state index in [0.717, 1.165) is 18.9 Å². The first-order chi connectivity index (χ1) is 17.1. The van der Waals surface area contributed by atoms with Crippen LogP contribution in [-0.4, -0.2) is 41.9 Å². The predicted molar refractivity (Wildman–Crippen MR) is 131 cm³/mol. The molecule has 0 saturated carbocycles. The Labute approximate surface area is 218 Å². The average molecular weight is 535 g/mol. The summed E-state index contributed by atoms with van der Waals surface area (Å²) in [5, 5.41) is 11.0. The van der Waals surface area contributed by atoms with Crippen molar-refractivity contribution in [2.24, 2.45) is 5.92 Å². The lowest BCUT2D eigenvalue weighted by Crippen LogP contribution is -2.52. The summed E-state index contributed by atoms with van der Waals surface area (Å²) in [6.07, 6.45) is 2.02. The van der Waals surface area contributed by atoms with Crippen LogP contribution in [0.5, 0.6) is 0 Å². The Hall–Kier alpha value is -2.24. The first kappa shape index (κ1) is 25.4. The van der Waals surface area contributed by atoms with E-state index in [9.17, 15) is 10.1 Å². The van der Waals surface area contributed by atoms with Crippen LogP contribution < -0.4 is 0 Å². The number of nitriles is 1. The Bertz CT molecular complexity index is 1240. The van der Waals surface area contributed by atoms with Crippen molar-refractivity contribution in [3.05, 3.63) is 69.2 Å². The molecule has 0 N–H and O–H groups in total. The number of carbonyl (C=O) groups is 1. The summed E-state index contributed by atoms with van der Waals surface area (Å²) in [5.41, 5.74) is -2.56. The topological polar surface area (TPSA) is 62.6 Å². The minimum absolute atomic E-state index is 0.0776. The summed E-state index contributed by atoms with van der Waals surface area (Å²) in [4.78, 5) is 15.3. The van der Waals surface area contributed by atoms with Gasteiger partial charge in [-0.25, -0.2) is 13.7 Å². The van der Waals surface area contributed by atoms with Crippen molar-refractivity contribution in [1.82, 2.24) is 4.90 Å². The average Bonchev–Trinajstić information content (AvgIpc) is 3.25. The number of rotatable bonds is 4. The molecule has 3 saturated heterocycles. The van der Waals surface area contributed by atoms with Crippen LogP contribution in [0.1, 0.15) is 50.2 Å². The van der Waals surface area contributed by atoms with Gasteiger partial charge in [0.2, 0.25) is 0 Å². The molecule has 0 aliphatic carbocycles. The number of benzene rings is 2. The van der Waals surface area contributed by atoms with E-state index in [1.807, 2.05) is 4.90 Å². The van der Waals surface area contributed by atoms with Gasteiger partial charge in [0.05, 0.1) is 11.1 Å². The fourth-order valence-corrected chi connectivity index (χ4v) is 6.84. The molecule has 0 aromatic heterocycles. The van der Waals surface area contributed by atoms with E-state index in [-0.39, 0.29) is 27.1 Å². The van der Waals surface area contributed by atoms with Crippen molar-refractivity contribution in [3.63, 3.8) is 0 Å². The lowest BCUT2D eigenvalue weighted by Gasteiger charge is -2.42. The number of hydrogen-bond donors (Lipinski definition) is 0. The van der Waals surface area contributed by atoms with Gasteiger partial charge in [-0.2, -0.15) is 5.26 Å². The Morgan fingerprint density at radius 2 is 1.89 bits per heavy atom. The van der Waals surface area contributed by atoms with Crippen molar-refractivity contribution < 1.29 is 23.0 Å². The Kier molecular flexibility index (Phi) is 6.53. The van der Waals surface area contributed by atoms with E-state index in [4.69, 9.17) is 32.7 Å². The summed E-state index contributed by atoms with van der Waals surface area (Å²) >= 11 is 12.2. The molecule has 0 radical (unpaired) electrons. The lowest BCUT2D eigenvalue weighted by molar-refractivity contribution is -0.152. The zero-order chi connectivity index (χ0) is 25.8. The third kappa shape index (κ3) is 3.81. The van der Waals surface area contributed by atoms with Crippen LogP contribution in [0, 0.1) is 28.9 Å². The largest absolute Gasteiger partial charge is 0.443 e. The Morgan fingerprint density at radius 3 is 2.56 bits per heavy atom. The number of ether oxygens (including phenoxy) is 2. The van der Waals surface area contributed by atoms with Crippen LogP contribution >= 0.6 is 23.2 Å². The van der Waals surface area contributed by atoms with Crippen molar-refractivity contribution in [3.8, 4) is 6.07 Å². The number of fused-ring (bicyclic) bond motifs is 1. The predicted octanol–water partition coefficient (Wildman–Crippen LogP) is 5.98. The van der Waals surface area contributed by atoms with Gasteiger partial charge in [0.1, 0.15) is 23.1 Å². The number of hydrogen-bond acceptors (Lipinski definition) is 5. The minimum Gasteiger partial charge on any atom is -0.443 e. The van der Waals surface area contributed by atoms with Crippen molar-refractivity contribution in [2.45, 2.75) is 62.3 Å². The van der Waals surface area contributed by atoms with Crippen LogP contribution in [0.4, 0.5) is 8.78 Å². The molecule has 4 atom stereocenters. The molecular formula is C27H26Cl2F2N2O3. The highest BCUT2D eigenvalue weighted by molar-refractivity contribution is 6.31. The van der Waals surface area contributed by atoms with Crippen LogP contribution in [0.15, 0.2) is 36.4 Å². The van der Waals surface area contributed by atoms with Crippen LogP contribution in [0.3, 0.4) is 0 Å².